The van der Waals surface area contributed by atoms with Crippen LogP contribution in [0.15, 0.2) is 0 Å². The van der Waals surface area contributed by atoms with E-state index in [1.54, 1.807) is 10.8 Å². The van der Waals surface area contributed by atoms with E-state index in [9.17, 15) is 4.21 Å². The Balaban J connectivity index is 0. The average Bonchev–Trinajstić information content (AvgIpc) is 2.71. The second-order valence-electron chi connectivity index (χ2n) is 3.01. The van der Waals surface area contributed by atoms with E-state index >= 15 is 0 Å². The van der Waals surface area contributed by atoms with Crippen LogP contribution >= 0.6 is 10.8 Å². The largest absolute Gasteiger partial charge is 0.248 e. The van der Waals surface area contributed by atoms with E-state index in [4.69, 9.17) is 0 Å². The van der Waals surface area contributed by atoms with Gasteiger partial charge in [-0.2, -0.15) is 0 Å². The normalized spacial score (nSPS) is 23.5. The lowest BCUT2D eigenvalue weighted by molar-refractivity contribution is 0.640. The van der Waals surface area contributed by atoms with Gasteiger partial charge in [0.2, 0.25) is 0 Å². The number of unbranched alkanes of at least 4 members (excludes halogenated alkanes) is 2. The van der Waals surface area contributed by atoms with Crippen molar-refractivity contribution in [2.75, 3.05) is 5.75 Å². The lowest BCUT2D eigenvalue weighted by atomic mass is 10.1. The maximum Gasteiger partial charge on any atom is 0.0806 e. The molecule has 0 radical (unpaired) electrons. The third kappa shape index (κ3) is 10.8. The van der Waals surface area contributed by atoms with Crippen molar-refractivity contribution >= 4 is 20.6 Å². The van der Waals surface area contributed by atoms with Crippen LogP contribution in [0.3, 0.4) is 0 Å². The minimum absolute atomic E-state index is 0.542. The summed E-state index contributed by atoms with van der Waals surface area (Å²) in [6.45, 7) is 10.2. The Kier molecular flexibility index (Phi) is 17.3. The van der Waals surface area contributed by atoms with Crippen molar-refractivity contribution < 1.29 is 4.21 Å². The lowest BCUT2D eigenvalue weighted by Crippen LogP contribution is -1.96. The molecule has 0 aromatic heterocycles. The smallest absolute Gasteiger partial charge is 0.0806 e. The molecule has 0 aromatic rings. The van der Waals surface area contributed by atoms with Gasteiger partial charge >= 0.3 is 0 Å². The van der Waals surface area contributed by atoms with Crippen molar-refractivity contribution in [3.05, 3.63) is 0 Å². The molecule has 0 aliphatic carbocycles. The third-order valence-corrected chi connectivity index (χ3v) is 5.47. The Morgan fingerprint density at radius 2 is 1.80 bits per heavy atom. The van der Waals surface area contributed by atoms with Crippen LogP contribution in [0.5, 0.6) is 0 Å². The van der Waals surface area contributed by atoms with Crippen LogP contribution in [0.2, 0.25) is 0 Å². The molecule has 2 atom stereocenters. The first-order chi connectivity index (χ1) is 7.33. The molecule has 0 bridgehead atoms. The molecule has 0 aromatic carbocycles. The summed E-state index contributed by atoms with van der Waals surface area (Å²) in [4.78, 5) is 0. The molecule has 3 heteroatoms. The molecule has 0 N–H and O–H groups in total. The number of hydrogen-bond donors (Lipinski definition) is 0. The zero-order valence-corrected chi connectivity index (χ0v) is 12.7. The van der Waals surface area contributed by atoms with Gasteiger partial charge in [0.05, 0.1) is 9.83 Å². The maximum atomic E-state index is 11.0. The second kappa shape index (κ2) is 14.5. The average molecular weight is 252 g/mol. The van der Waals surface area contributed by atoms with Gasteiger partial charge in [-0.1, -0.05) is 64.7 Å². The molecule has 0 spiro atoms. The summed E-state index contributed by atoms with van der Waals surface area (Å²) < 4.78 is 11.0. The third-order valence-electron chi connectivity index (χ3n) is 1.98. The molecule has 15 heavy (non-hydrogen) atoms. The first-order valence-corrected chi connectivity index (χ1v) is 9.10. The van der Waals surface area contributed by atoms with Gasteiger partial charge in [-0.05, 0) is 12.8 Å². The summed E-state index contributed by atoms with van der Waals surface area (Å²) in [5, 5.41) is 0.711. The molecule has 1 heterocycles. The predicted molar refractivity (Wildman–Crippen MR) is 75.8 cm³/mol. The Hall–Kier alpha value is 0.500. The molecular formula is C12H28OS2. The molecule has 1 rings (SSSR count). The van der Waals surface area contributed by atoms with Crippen molar-refractivity contribution in [2.45, 2.75) is 72.0 Å². The summed E-state index contributed by atoms with van der Waals surface area (Å²) in [7, 11) is 1.15. The quantitative estimate of drug-likeness (QED) is 0.528. The molecule has 2 unspecified atom stereocenters. The Morgan fingerprint density at radius 3 is 2.20 bits per heavy atom. The number of rotatable bonds is 4. The molecular weight excluding hydrogens is 224 g/mol. The van der Waals surface area contributed by atoms with Gasteiger partial charge in [0.15, 0.2) is 0 Å². The minimum atomic E-state index is -0.542. The van der Waals surface area contributed by atoms with E-state index in [-0.39, 0.29) is 0 Å². The molecule has 0 amide bonds. The van der Waals surface area contributed by atoms with Crippen molar-refractivity contribution in [2.24, 2.45) is 0 Å². The highest BCUT2D eigenvalue weighted by Crippen LogP contribution is 2.31. The predicted octanol–water partition coefficient (Wildman–Crippen LogP) is 4.79. The highest BCUT2D eigenvalue weighted by atomic mass is 33.1. The fourth-order valence-corrected chi connectivity index (χ4v) is 4.86. The molecule has 0 saturated carbocycles. The Bertz CT molecular complexity index is 138. The van der Waals surface area contributed by atoms with E-state index in [1.807, 2.05) is 27.7 Å². The summed E-state index contributed by atoms with van der Waals surface area (Å²) in [5.41, 5.74) is 0. The van der Waals surface area contributed by atoms with E-state index in [2.05, 4.69) is 6.92 Å². The Morgan fingerprint density at radius 1 is 1.20 bits per heavy atom. The fourth-order valence-electron chi connectivity index (χ4n) is 1.29. The zero-order valence-electron chi connectivity index (χ0n) is 11.0. The highest BCUT2D eigenvalue weighted by molar-refractivity contribution is 8.69. The Labute approximate surface area is 103 Å². The molecule has 1 nitrogen and oxygen atoms in total. The SMILES string of the molecule is CC.CC.CCCCCC1CCS(=O)S1. The summed E-state index contributed by atoms with van der Waals surface area (Å²) in [6, 6.07) is 0. The van der Waals surface area contributed by atoms with E-state index < -0.39 is 9.83 Å². The maximum absolute atomic E-state index is 11.0. The van der Waals surface area contributed by atoms with Crippen molar-refractivity contribution in [3.8, 4) is 0 Å². The van der Waals surface area contributed by atoms with Crippen LogP contribution in [0.4, 0.5) is 0 Å². The van der Waals surface area contributed by atoms with Crippen LogP contribution in [0.1, 0.15) is 66.7 Å². The van der Waals surface area contributed by atoms with Crippen LogP contribution in [-0.2, 0) is 9.83 Å². The van der Waals surface area contributed by atoms with Crippen molar-refractivity contribution in [1.29, 1.82) is 0 Å². The van der Waals surface area contributed by atoms with Gasteiger partial charge in [-0.25, -0.2) is 4.21 Å². The van der Waals surface area contributed by atoms with Crippen LogP contribution in [-0.4, -0.2) is 15.2 Å². The van der Waals surface area contributed by atoms with Gasteiger partial charge in [-0.3, -0.25) is 0 Å². The molecule has 1 aliphatic heterocycles. The van der Waals surface area contributed by atoms with Gasteiger partial charge in [-0.15, -0.1) is 0 Å². The van der Waals surface area contributed by atoms with E-state index in [0.29, 0.717) is 5.25 Å². The van der Waals surface area contributed by atoms with Gasteiger partial charge < -0.3 is 0 Å². The monoisotopic (exact) mass is 252 g/mol. The zero-order chi connectivity index (χ0) is 12.1. The van der Waals surface area contributed by atoms with E-state index in [1.165, 1.54) is 32.1 Å². The summed E-state index contributed by atoms with van der Waals surface area (Å²) in [6.07, 6.45) is 6.42. The van der Waals surface area contributed by atoms with Gasteiger partial charge in [0.25, 0.3) is 0 Å². The topological polar surface area (TPSA) is 17.1 Å². The van der Waals surface area contributed by atoms with Crippen LogP contribution in [0.25, 0.3) is 0 Å². The molecule has 1 fully saturated rings. The first kappa shape index (κ1) is 17.9. The molecule has 1 saturated heterocycles. The minimum Gasteiger partial charge on any atom is -0.248 e. The van der Waals surface area contributed by atoms with Gasteiger partial charge in [0, 0.05) is 11.0 Å². The fraction of sp³-hybridized carbons (Fsp3) is 1.00. The van der Waals surface area contributed by atoms with Crippen molar-refractivity contribution in [3.63, 3.8) is 0 Å². The highest BCUT2D eigenvalue weighted by Gasteiger charge is 2.20. The summed E-state index contributed by atoms with van der Waals surface area (Å²) >= 11 is 0. The van der Waals surface area contributed by atoms with Crippen LogP contribution in [0, 0.1) is 0 Å². The summed E-state index contributed by atoms with van der Waals surface area (Å²) in [5.74, 6) is 0.932. The van der Waals surface area contributed by atoms with E-state index in [0.717, 1.165) is 5.75 Å². The first-order valence-electron chi connectivity index (χ1n) is 6.38. The molecule has 94 valence electrons. The second-order valence-corrected chi connectivity index (χ2v) is 6.58. The number of hydrogen-bond acceptors (Lipinski definition) is 2. The standard InChI is InChI=1S/C8H16OS2.2C2H6/c1-2-3-4-5-8-6-7-11(9)10-8;2*1-2/h8H,2-7H2,1H3;2*1-2H3. The lowest BCUT2D eigenvalue weighted by Gasteiger charge is -2.04. The van der Waals surface area contributed by atoms with Gasteiger partial charge in [0.1, 0.15) is 0 Å². The van der Waals surface area contributed by atoms with Crippen LogP contribution < -0.4 is 0 Å². The molecule has 1 aliphatic rings. The van der Waals surface area contributed by atoms with Crippen molar-refractivity contribution in [1.82, 2.24) is 0 Å².